The minimum Gasteiger partial charge on any atom is -0.485 e. The molecule has 1 atom stereocenters. The molecule has 0 bridgehead atoms. The molecule has 0 aliphatic carbocycles. The number of rotatable bonds is 10. The highest BCUT2D eigenvalue weighted by atomic mass is 31.2. The minimum absolute atomic E-state index is 0.236. The molecule has 1 fully saturated rings. The summed E-state index contributed by atoms with van der Waals surface area (Å²) < 4.78 is 41.5. The van der Waals surface area contributed by atoms with Crippen molar-refractivity contribution >= 4 is 12.9 Å². The van der Waals surface area contributed by atoms with Gasteiger partial charge in [0.25, 0.3) is 0 Å². The van der Waals surface area contributed by atoms with Crippen LogP contribution >= 0.6 is 7.60 Å². The molecule has 0 aromatic heterocycles. The molecular weight excluding hydrogens is 391 g/mol. The normalized spacial score (nSPS) is 17.1. The Morgan fingerprint density at radius 1 is 1.00 bits per heavy atom. The molecular formula is C22H29O6P. The topological polar surface area (TPSA) is 63.2 Å². The van der Waals surface area contributed by atoms with Gasteiger partial charge < -0.3 is 23.3 Å². The van der Waals surface area contributed by atoms with Crippen LogP contribution in [0.4, 0.5) is 0 Å². The van der Waals surface area contributed by atoms with E-state index in [0.717, 1.165) is 31.4 Å². The van der Waals surface area contributed by atoms with Crippen LogP contribution < -0.4 is 14.8 Å². The maximum absolute atomic E-state index is 13.0. The smallest absolute Gasteiger partial charge is 0.361 e. The van der Waals surface area contributed by atoms with Crippen molar-refractivity contribution in [3.8, 4) is 11.5 Å². The summed E-state index contributed by atoms with van der Waals surface area (Å²) in [5.74, 6) is 1.30. The van der Waals surface area contributed by atoms with Gasteiger partial charge in [0.05, 0.1) is 25.1 Å². The number of hydrogen-bond acceptors (Lipinski definition) is 6. The highest BCUT2D eigenvalue weighted by Crippen LogP contribution is 2.46. The zero-order valence-corrected chi connectivity index (χ0v) is 17.9. The molecule has 158 valence electrons. The second kappa shape index (κ2) is 10.8. The monoisotopic (exact) mass is 420 g/mol. The van der Waals surface area contributed by atoms with Crippen LogP contribution in [0.2, 0.25) is 0 Å². The first-order valence-corrected chi connectivity index (χ1v) is 11.7. The van der Waals surface area contributed by atoms with Crippen molar-refractivity contribution in [3.05, 3.63) is 54.1 Å². The molecule has 0 radical (unpaired) electrons. The van der Waals surface area contributed by atoms with Crippen LogP contribution in [-0.2, 0) is 25.0 Å². The molecule has 2 aromatic rings. The highest BCUT2D eigenvalue weighted by molar-refractivity contribution is 7.62. The average Bonchev–Trinajstić information content (AvgIpc) is 2.74. The van der Waals surface area contributed by atoms with E-state index in [2.05, 4.69) is 0 Å². The summed E-state index contributed by atoms with van der Waals surface area (Å²) in [5, 5.41) is 0.530. The molecule has 2 aromatic carbocycles. The van der Waals surface area contributed by atoms with Gasteiger partial charge in [0.15, 0.2) is 17.8 Å². The van der Waals surface area contributed by atoms with Crippen LogP contribution in [0.3, 0.4) is 0 Å². The van der Waals surface area contributed by atoms with E-state index in [-0.39, 0.29) is 6.29 Å². The lowest BCUT2D eigenvalue weighted by molar-refractivity contribution is -0.106. The molecule has 3 rings (SSSR count). The maximum Gasteiger partial charge on any atom is 0.361 e. The molecule has 1 heterocycles. The Balaban J connectivity index is 1.69. The van der Waals surface area contributed by atoms with Crippen molar-refractivity contribution in [2.24, 2.45) is 0 Å². The van der Waals surface area contributed by atoms with Crippen molar-refractivity contribution < 1.29 is 27.8 Å². The number of hydrogen-bond donors (Lipinski definition) is 0. The van der Waals surface area contributed by atoms with E-state index >= 15 is 0 Å². The van der Waals surface area contributed by atoms with Crippen LogP contribution in [0.25, 0.3) is 0 Å². The summed E-state index contributed by atoms with van der Waals surface area (Å²) >= 11 is 0. The summed E-state index contributed by atoms with van der Waals surface area (Å²) in [4.78, 5) is 0. The quantitative estimate of drug-likeness (QED) is 0.501. The Morgan fingerprint density at radius 2 is 1.76 bits per heavy atom. The Labute approximate surface area is 172 Å². The third-order valence-electron chi connectivity index (χ3n) is 4.46. The van der Waals surface area contributed by atoms with Gasteiger partial charge in [0, 0.05) is 6.42 Å². The van der Waals surface area contributed by atoms with Crippen molar-refractivity contribution in [3.63, 3.8) is 0 Å². The first-order chi connectivity index (χ1) is 14.1. The van der Waals surface area contributed by atoms with Crippen LogP contribution in [0.1, 0.15) is 38.7 Å². The van der Waals surface area contributed by atoms with E-state index < -0.39 is 7.60 Å². The average molecular weight is 420 g/mol. The van der Waals surface area contributed by atoms with E-state index in [1.807, 2.05) is 36.4 Å². The van der Waals surface area contributed by atoms with Gasteiger partial charge >= 0.3 is 7.60 Å². The van der Waals surface area contributed by atoms with Gasteiger partial charge in [-0.1, -0.05) is 24.3 Å². The van der Waals surface area contributed by atoms with Crippen LogP contribution in [0.5, 0.6) is 11.5 Å². The lowest BCUT2D eigenvalue weighted by Gasteiger charge is -2.24. The first kappa shape index (κ1) is 21.8. The lowest BCUT2D eigenvalue weighted by Crippen LogP contribution is -2.25. The molecule has 1 unspecified atom stereocenters. The van der Waals surface area contributed by atoms with E-state index in [1.165, 1.54) is 0 Å². The second-order valence-electron chi connectivity index (χ2n) is 6.65. The maximum atomic E-state index is 13.0. The SMILES string of the molecule is CCOP(=O)(OCC)c1cccc(COc2ccccc2OC2CCCCO2)c1. The minimum atomic E-state index is -3.32. The molecule has 0 N–H and O–H groups in total. The van der Waals surface area contributed by atoms with Gasteiger partial charge in [0.1, 0.15) is 6.61 Å². The van der Waals surface area contributed by atoms with E-state index in [9.17, 15) is 4.57 Å². The lowest BCUT2D eigenvalue weighted by atomic mass is 10.2. The van der Waals surface area contributed by atoms with Crippen LogP contribution in [-0.4, -0.2) is 26.1 Å². The first-order valence-electron chi connectivity index (χ1n) is 10.1. The van der Waals surface area contributed by atoms with E-state index in [1.54, 1.807) is 26.0 Å². The molecule has 6 nitrogen and oxygen atoms in total. The molecule has 1 saturated heterocycles. The number of benzene rings is 2. The van der Waals surface area contributed by atoms with Crippen molar-refractivity contribution in [1.82, 2.24) is 0 Å². The fourth-order valence-electron chi connectivity index (χ4n) is 3.12. The predicted octanol–water partition coefficient (Wildman–Crippen LogP) is 5.06. The molecule has 7 heteroatoms. The van der Waals surface area contributed by atoms with Gasteiger partial charge in [-0.25, -0.2) is 0 Å². The Kier molecular flexibility index (Phi) is 8.13. The molecule has 1 aliphatic heterocycles. The molecule has 0 amide bonds. The van der Waals surface area contributed by atoms with E-state index in [4.69, 9.17) is 23.3 Å². The van der Waals surface area contributed by atoms with Gasteiger partial charge in [0.2, 0.25) is 0 Å². The second-order valence-corrected chi connectivity index (χ2v) is 8.68. The molecule has 0 spiro atoms. The predicted molar refractivity (Wildman–Crippen MR) is 112 cm³/mol. The summed E-state index contributed by atoms with van der Waals surface area (Å²) in [6.45, 7) is 5.24. The van der Waals surface area contributed by atoms with E-state index in [0.29, 0.717) is 36.6 Å². The van der Waals surface area contributed by atoms with Crippen molar-refractivity contribution in [2.75, 3.05) is 19.8 Å². The third-order valence-corrected chi connectivity index (χ3v) is 6.57. The number of para-hydroxylation sites is 2. The highest BCUT2D eigenvalue weighted by Gasteiger charge is 2.26. The third kappa shape index (κ3) is 6.06. The van der Waals surface area contributed by atoms with Gasteiger partial charge in [-0.2, -0.15) is 0 Å². The number of ether oxygens (including phenoxy) is 3. The largest absolute Gasteiger partial charge is 0.485 e. The summed E-state index contributed by atoms with van der Waals surface area (Å²) in [6, 6.07) is 14.9. The zero-order chi connectivity index (χ0) is 20.5. The van der Waals surface area contributed by atoms with Crippen LogP contribution in [0.15, 0.2) is 48.5 Å². The van der Waals surface area contributed by atoms with Gasteiger partial charge in [-0.05, 0) is 56.5 Å². The van der Waals surface area contributed by atoms with Crippen LogP contribution in [0, 0.1) is 0 Å². The summed E-state index contributed by atoms with van der Waals surface area (Å²) in [5.41, 5.74) is 0.867. The fraction of sp³-hybridized carbons (Fsp3) is 0.455. The van der Waals surface area contributed by atoms with Gasteiger partial charge in [-0.3, -0.25) is 4.57 Å². The fourth-order valence-corrected chi connectivity index (χ4v) is 4.76. The zero-order valence-electron chi connectivity index (χ0n) is 17.0. The van der Waals surface area contributed by atoms with Gasteiger partial charge in [-0.15, -0.1) is 0 Å². The Hall–Kier alpha value is -1.85. The molecule has 29 heavy (non-hydrogen) atoms. The summed E-state index contributed by atoms with van der Waals surface area (Å²) in [6.07, 6.45) is 2.81. The Morgan fingerprint density at radius 3 is 2.45 bits per heavy atom. The molecule has 0 saturated carbocycles. The Bertz CT molecular complexity index is 808. The standard InChI is InChI=1S/C22H29O6P/c1-3-26-29(23,27-4-2)19-11-9-10-18(16-19)17-25-20-12-5-6-13-21(20)28-22-14-7-8-15-24-22/h5-6,9-13,16,22H,3-4,7-8,14-15,17H2,1-2H3. The summed E-state index contributed by atoms with van der Waals surface area (Å²) in [7, 11) is -3.32. The van der Waals surface area contributed by atoms with Crippen molar-refractivity contribution in [1.29, 1.82) is 0 Å². The van der Waals surface area contributed by atoms with Crippen molar-refractivity contribution in [2.45, 2.75) is 46.0 Å². The molecule has 1 aliphatic rings.